The molecular weight excluding hydrogens is 284 g/mol. The summed E-state index contributed by atoms with van der Waals surface area (Å²) in [5, 5.41) is 7.16. The second kappa shape index (κ2) is 6.41. The number of hydrogen-bond acceptors (Lipinski definition) is 4. The standard InChI is InChI=1S/C19H28N4/c1-18(2,22-16-9-5-14(20)6-10-16)13-19(3,4)23-17-11-7-15(21)8-12-17/h5-12,22-23H,13,20-21H2,1-4H3. The van der Waals surface area contributed by atoms with Gasteiger partial charge in [0, 0.05) is 33.8 Å². The number of hydrogen-bond donors (Lipinski definition) is 4. The van der Waals surface area contributed by atoms with Crippen molar-refractivity contribution in [3.8, 4) is 0 Å². The highest BCUT2D eigenvalue weighted by Crippen LogP contribution is 2.28. The molecule has 0 saturated carbocycles. The van der Waals surface area contributed by atoms with Gasteiger partial charge in [0.1, 0.15) is 0 Å². The Morgan fingerprint density at radius 1 is 0.652 bits per heavy atom. The average molecular weight is 312 g/mol. The summed E-state index contributed by atoms with van der Waals surface area (Å²) in [5.41, 5.74) is 15.1. The molecule has 0 radical (unpaired) electrons. The molecule has 0 spiro atoms. The van der Waals surface area contributed by atoms with Crippen LogP contribution in [0, 0.1) is 0 Å². The van der Waals surface area contributed by atoms with E-state index in [9.17, 15) is 0 Å². The SMILES string of the molecule is CC(C)(CC(C)(C)Nc1ccc(N)cc1)Nc1ccc(N)cc1. The lowest BCUT2D eigenvalue weighted by Gasteiger charge is -2.37. The summed E-state index contributed by atoms with van der Waals surface area (Å²) in [6, 6.07) is 15.7. The van der Waals surface area contributed by atoms with Gasteiger partial charge in [0.15, 0.2) is 0 Å². The van der Waals surface area contributed by atoms with Gasteiger partial charge in [-0.3, -0.25) is 0 Å². The van der Waals surface area contributed by atoms with Crippen LogP contribution in [-0.4, -0.2) is 11.1 Å². The van der Waals surface area contributed by atoms with Crippen molar-refractivity contribution in [2.75, 3.05) is 22.1 Å². The van der Waals surface area contributed by atoms with Crippen LogP contribution in [0.2, 0.25) is 0 Å². The van der Waals surface area contributed by atoms with E-state index in [0.717, 1.165) is 29.2 Å². The number of rotatable bonds is 6. The largest absolute Gasteiger partial charge is 0.399 e. The second-order valence-corrected chi connectivity index (χ2v) is 7.44. The molecule has 2 aromatic rings. The molecule has 23 heavy (non-hydrogen) atoms. The van der Waals surface area contributed by atoms with E-state index in [-0.39, 0.29) is 11.1 Å². The second-order valence-electron chi connectivity index (χ2n) is 7.44. The Morgan fingerprint density at radius 2 is 0.957 bits per heavy atom. The van der Waals surface area contributed by atoms with E-state index in [2.05, 4.69) is 38.3 Å². The number of nitrogen functional groups attached to an aromatic ring is 2. The lowest BCUT2D eigenvalue weighted by molar-refractivity contribution is 0.398. The zero-order valence-electron chi connectivity index (χ0n) is 14.5. The van der Waals surface area contributed by atoms with E-state index in [1.807, 2.05) is 48.5 Å². The fraction of sp³-hybridized carbons (Fsp3) is 0.368. The molecule has 2 rings (SSSR count). The highest BCUT2D eigenvalue weighted by atomic mass is 15.0. The van der Waals surface area contributed by atoms with Gasteiger partial charge in [-0.15, -0.1) is 0 Å². The van der Waals surface area contributed by atoms with Crippen LogP contribution in [0.4, 0.5) is 22.7 Å². The lowest BCUT2D eigenvalue weighted by Crippen LogP contribution is -2.43. The molecule has 4 nitrogen and oxygen atoms in total. The van der Waals surface area contributed by atoms with E-state index < -0.39 is 0 Å². The van der Waals surface area contributed by atoms with E-state index in [1.165, 1.54) is 0 Å². The number of anilines is 4. The summed E-state index contributed by atoms with van der Waals surface area (Å²) in [5.74, 6) is 0. The summed E-state index contributed by atoms with van der Waals surface area (Å²) in [4.78, 5) is 0. The molecule has 2 aromatic carbocycles. The molecule has 0 heterocycles. The smallest absolute Gasteiger partial charge is 0.0345 e. The summed E-state index contributed by atoms with van der Waals surface area (Å²) in [7, 11) is 0. The lowest BCUT2D eigenvalue weighted by atomic mass is 9.86. The molecule has 124 valence electrons. The van der Waals surface area contributed by atoms with Gasteiger partial charge in [0.2, 0.25) is 0 Å². The molecule has 0 aliphatic rings. The van der Waals surface area contributed by atoms with Crippen LogP contribution < -0.4 is 22.1 Å². The molecule has 0 bridgehead atoms. The van der Waals surface area contributed by atoms with Gasteiger partial charge in [-0.05, 0) is 82.6 Å². The number of benzene rings is 2. The van der Waals surface area contributed by atoms with Crippen molar-refractivity contribution < 1.29 is 0 Å². The molecule has 0 amide bonds. The Bertz CT molecular complexity index is 570. The monoisotopic (exact) mass is 312 g/mol. The maximum atomic E-state index is 5.74. The molecule has 0 aliphatic heterocycles. The van der Waals surface area contributed by atoms with Crippen LogP contribution in [-0.2, 0) is 0 Å². The Kier molecular flexibility index (Phi) is 4.73. The van der Waals surface area contributed by atoms with E-state index >= 15 is 0 Å². The zero-order valence-corrected chi connectivity index (χ0v) is 14.5. The molecule has 0 aromatic heterocycles. The molecule has 0 fully saturated rings. The summed E-state index contributed by atoms with van der Waals surface area (Å²) in [6.45, 7) is 8.82. The van der Waals surface area contributed by atoms with Gasteiger partial charge in [-0.1, -0.05) is 0 Å². The predicted molar refractivity (Wildman–Crippen MR) is 102 cm³/mol. The summed E-state index contributed by atoms with van der Waals surface area (Å²) < 4.78 is 0. The van der Waals surface area contributed by atoms with Crippen LogP contribution >= 0.6 is 0 Å². The van der Waals surface area contributed by atoms with Crippen molar-refractivity contribution in [2.24, 2.45) is 0 Å². The third-order valence-electron chi connectivity index (χ3n) is 3.67. The van der Waals surface area contributed by atoms with E-state index in [1.54, 1.807) is 0 Å². The van der Waals surface area contributed by atoms with Crippen LogP contribution in [0.3, 0.4) is 0 Å². The molecule has 0 aliphatic carbocycles. The van der Waals surface area contributed by atoms with Gasteiger partial charge >= 0.3 is 0 Å². The molecule has 0 atom stereocenters. The minimum atomic E-state index is -0.0690. The minimum Gasteiger partial charge on any atom is -0.399 e. The maximum Gasteiger partial charge on any atom is 0.0345 e. The highest BCUT2D eigenvalue weighted by molar-refractivity contribution is 5.54. The topological polar surface area (TPSA) is 76.1 Å². The van der Waals surface area contributed by atoms with Gasteiger partial charge in [0.05, 0.1) is 0 Å². The number of nitrogens with one attached hydrogen (secondary N) is 2. The Hall–Kier alpha value is -2.36. The first-order valence-corrected chi connectivity index (χ1v) is 7.93. The Balaban J connectivity index is 2.02. The normalized spacial score (nSPS) is 12.0. The average Bonchev–Trinajstić information content (AvgIpc) is 2.42. The van der Waals surface area contributed by atoms with Crippen LogP contribution in [0.25, 0.3) is 0 Å². The van der Waals surface area contributed by atoms with E-state index in [4.69, 9.17) is 11.5 Å². The minimum absolute atomic E-state index is 0.0690. The first kappa shape index (κ1) is 17.0. The van der Waals surface area contributed by atoms with Crippen molar-refractivity contribution in [3.05, 3.63) is 48.5 Å². The molecular formula is C19H28N4. The molecule has 0 unspecified atom stereocenters. The van der Waals surface area contributed by atoms with Crippen molar-refractivity contribution in [2.45, 2.75) is 45.2 Å². The first-order valence-electron chi connectivity index (χ1n) is 7.93. The van der Waals surface area contributed by atoms with Crippen molar-refractivity contribution in [1.82, 2.24) is 0 Å². The van der Waals surface area contributed by atoms with Crippen molar-refractivity contribution >= 4 is 22.7 Å². The summed E-state index contributed by atoms with van der Waals surface area (Å²) in [6.07, 6.45) is 0.939. The maximum absolute atomic E-state index is 5.74. The highest BCUT2D eigenvalue weighted by Gasteiger charge is 2.28. The fourth-order valence-corrected chi connectivity index (χ4v) is 3.11. The van der Waals surface area contributed by atoms with Crippen LogP contribution in [0.1, 0.15) is 34.1 Å². The van der Waals surface area contributed by atoms with Gasteiger partial charge in [0.25, 0.3) is 0 Å². The van der Waals surface area contributed by atoms with Gasteiger partial charge in [-0.2, -0.15) is 0 Å². The van der Waals surface area contributed by atoms with E-state index in [0.29, 0.717) is 0 Å². The molecule has 0 saturated heterocycles. The van der Waals surface area contributed by atoms with Crippen LogP contribution in [0.15, 0.2) is 48.5 Å². The molecule has 6 N–H and O–H groups in total. The quantitative estimate of drug-likeness (QED) is 0.599. The van der Waals surface area contributed by atoms with Gasteiger partial charge in [-0.25, -0.2) is 0 Å². The van der Waals surface area contributed by atoms with Crippen LogP contribution in [0.5, 0.6) is 0 Å². The third-order valence-corrected chi connectivity index (χ3v) is 3.67. The Morgan fingerprint density at radius 3 is 1.26 bits per heavy atom. The van der Waals surface area contributed by atoms with Crippen molar-refractivity contribution in [3.63, 3.8) is 0 Å². The zero-order chi connectivity index (χ0) is 17.1. The molecule has 4 heteroatoms. The number of nitrogens with two attached hydrogens (primary N) is 2. The Labute approximate surface area is 139 Å². The third kappa shape index (κ3) is 5.40. The summed E-state index contributed by atoms with van der Waals surface area (Å²) >= 11 is 0. The van der Waals surface area contributed by atoms with Crippen molar-refractivity contribution in [1.29, 1.82) is 0 Å². The predicted octanol–water partition coefficient (Wildman–Crippen LogP) is 4.32. The van der Waals surface area contributed by atoms with Gasteiger partial charge < -0.3 is 22.1 Å². The fourth-order valence-electron chi connectivity index (χ4n) is 3.11. The first-order chi connectivity index (χ1) is 10.7.